The Kier molecular flexibility index (Phi) is 2.89. The molecule has 0 N–H and O–H groups in total. The van der Waals surface area contributed by atoms with Gasteiger partial charge < -0.3 is 4.74 Å². The number of hydrogen-bond donors (Lipinski definition) is 0. The van der Waals surface area contributed by atoms with Crippen LogP contribution in [0.25, 0.3) is 0 Å². The first kappa shape index (κ1) is 8.82. The third-order valence-corrected chi connectivity index (χ3v) is 1.80. The van der Waals surface area contributed by atoms with Gasteiger partial charge in [0.05, 0.1) is 19.6 Å². The van der Waals surface area contributed by atoms with Gasteiger partial charge in [-0.15, -0.1) is 0 Å². The number of ether oxygens (including phenoxy) is 1. The van der Waals surface area contributed by atoms with Crippen LogP contribution < -0.4 is 4.74 Å². The molecule has 0 aliphatic rings. The van der Waals surface area contributed by atoms with Gasteiger partial charge in [0.15, 0.2) is 0 Å². The lowest BCUT2D eigenvalue weighted by molar-refractivity contribution is 0.397. The van der Waals surface area contributed by atoms with Crippen LogP contribution in [0.15, 0.2) is 12.3 Å². The van der Waals surface area contributed by atoms with E-state index in [4.69, 9.17) is 21.6 Å². The average Bonchev–Trinajstić information content (AvgIpc) is 2.09. The van der Waals surface area contributed by atoms with Gasteiger partial charge in [0.25, 0.3) is 0 Å². The molecule has 62 valence electrons. The number of aromatic nitrogens is 1. The first-order valence-corrected chi connectivity index (χ1v) is 3.71. The van der Waals surface area contributed by atoms with Crippen LogP contribution in [0.3, 0.4) is 0 Å². The summed E-state index contributed by atoms with van der Waals surface area (Å²) < 4.78 is 4.88. The summed E-state index contributed by atoms with van der Waals surface area (Å²) in [5.74, 6) is 0.365. The van der Waals surface area contributed by atoms with Crippen LogP contribution in [-0.4, -0.2) is 12.1 Å². The molecule has 0 radical (unpaired) electrons. The molecular formula is C8H7ClN2O. The van der Waals surface area contributed by atoms with E-state index in [9.17, 15) is 0 Å². The monoisotopic (exact) mass is 182 g/mol. The van der Waals surface area contributed by atoms with Gasteiger partial charge in [-0.1, -0.05) is 11.6 Å². The Balaban J connectivity index is 3.07. The second-order valence-electron chi connectivity index (χ2n) is 2.13. The van der Waals surface area contributed by atoms with E-state index in [0.29, 0.717) is 10.9 Å². The molecule has 1 rings (SSSR count). The van der Waals surface area contributed by atoms with E-state index >= 15 is 0 Å². The number of hydrogen-bond acceptors (Lipinski definition) is 3. The molecule has 0 aromatic carbocycles. The van der Waals surface area contributed by atoms with Crippen LogP contribution in [0.5, 0.6) is 5.88 Å². The van der Waals surface area contributed by atoms with E-state index in [1.54, 1.807) is 12.3 Å². The van der Waals surface area contributed by atoms with E-state index < -0.39 is 0 Å². The molecule has 1 heterocycles. The maximum absolute atomic E-state index is 8.44. The fraction of sp³-hybridized carbons (Fsp3) is 0.250. The molecule has 0 spiro atoms. The SMILES string of the molecule is COc1nccc(CC#N)c1Cl. The third-order valence-electron chi connectivity index (χ3n) is 1.40. The minimum atomic E-state index is 0.276. The van der Waals surface area contributed by atoms with Crippen LogP contribution in [0.1, 0.15) is 5.56 Å². The van der Waals surface area contributed by atoms with Gasteiger partial charge in [-0.25, -0.2) is 4.98 Å². The van der Waals surface area contributed by atoms with E-state index in [0.717, 1.165) is 5.56 Å². The Bertz CT molecular complexity index is 319. The van der Waals surface area contributed by atoms with Crippen molar-refractivity contribution in [2.75, 3.05) is 7.11 Å². The number of pyridine rings is 1. The molecule has 0 saturated heterocycles. The van der Waals surface area contributed by atoms with Crippen molar-refractivity contribution in [3.63, 3.8) is 0 Å². The predicted molar refractivity (Wildman–Crippen MR) is 45.1 cm³/mol. The van der Waals surface area contributed by atoms with Gasteiger partial charge in [-0.2, -0.15) is 5.26 Å². The Morgan fingerprint density at radius 1 is 1.75 bits per heavy atom. The minimum absolute atomic E-state index is 0.276. The van der Waals surface area contributed by atoms with E-state index in [1.807, 2.05) is 6.07 Å². The molecule has 0 bridgehead atoms. The third kappa shape index (κ3) is 1.66. The van der Waals surface area contributed by atoms with Crippen molar-refractivity contribution in [3.05, 3.63) is 22.8 Å². The van der Waals surface area contributed by atoms with E-state index in [-0.39, 0.29) is 6.42 Å². The lowest BCUT2D eigenvalue weighted by Crippen LogP contribution is -1.92. The molecule has 0 aliphatic heterocycles. The van der Waals surface area contributed by atoms with Crippen LogP contribution in [0.2, 0.25) is 5.02 Å². The van der Waals surface area contributed by atoms with Crippen molar-refractivity contribution in [1.29, 1.82) is 5.26 Å². The summed E-state index contributed by atoms with van der Waals surface area (Å²) in [4.78, 5) is 3.88. The normalized spacial score (nSPS) is 9.08. The summed E-state index contributed by atoms with van der Waals surface area (Å²) in [7, 11) is 1.49. The number of nitrogens with zero attached hydrogens (tertiary/aromatic N) is 2. The number of methoxy groups -OCH3 is 1. The van der Waals surface area contributed by atoms with Crippen molar-refractivity contribution >= 4 is 11.6 Å². The molecule has 3 nitrogen and oxygen atoms in total. The van der Waals surface area contributed by atoms with Gasteiger partial charge in [0.2, 0.25) is 5.88 Å². The first-order valence-electron chi connectivity index (χ1n) is 3.34. The van der Waals surface area contributed by atoms with Gasteiger partial charge in [0, 0.05) is 6.20 Å². The number of rotatable bonds is 2. The van der Waals surface area contributed by atoms with Gasteiger partial charge in [-0.05, 0) is 11.6 Å². The lowest BCUT2D eigenvalue weighted by atomic mass is 10.2. The van der Waals surface area contributed by atoms with Crippen LogP contribution in [-0.2, 0) is 6.42 Å². The summed E-state index contributed by atoms with van der Waals surface area (Å²) >= 11 is 5.85. The summed E-state index contributed by atoms with van der Waals surface area (Å²) in [6.07, 6.45) is 1.84. The lowest BCUT2D eigenvalue weighted by Gasteiger charge is -2.03. The van der Waals surface area contributed by atoms with Crippen LogP contribution in [0, 0.1) is 11.3 Å². The molecular weight excluding hydrogens is 176 g/mol. The average molecular weight is 183 g/mol. The molecule has 0 unspecified atom stereocenters. The Morgan fingerprint density at radius 3 is 3.08 bits per heavy atom. The van der Waals surface area contributed by atoms with Crippen LogP contribution in [0.4, 0.5) is 0 Å². The summed E-state index contributed by atoms with van der Waals surface area (Å²) in [5.41, 5.74) is 0.742. The molecule has 0 fully saturated rings. The largest absolute Gasteiger partial charge is 0.480 e. The summed E-state index contributed by atoms with van der Waals surface area (Å²) in [5, 5.41) is 8.86. The Morgan fingerprint density at radius 2 is 2.50 bits per heavy atom. The predicted octanol–water partition coefficient (Wildman–Crippen LogP) is 1.81. The second kappa shape index (κ2) is 3.93. The van der Waals surface area contributed by atoms with Gasteiger partial charge in [0.1, 0.15) is 5.02 Å². The van der Waals surface area contributed by atoms with Gasteiger partial charge >= 0.3 is 0 Å². The fourth-order valence-electron chi connectivity index (χ4n) is 0.826. The van der Waals surface area contributed by atoms with Crippen LogP contribution >= 0.6 is 11.6 Å². The maximum Gasteiger partial charge on any atom is 0.232 e. The molecule has 0 aliphatic carbocycles. The molecule has 4 heteroatoms. The second-order valence-corrected chi connectivity index (χ2v) is 2.51. The van der Waals surface area contributed by atoms with E-state index in [2.05, 4.69) is 4.98 Å². The quantitative estimate of drug-likeness (QED) is 0.701. The minimum Gasteiger partial charge on any atom is -0.480 e. The zero-order valence-electron chi connectivity index (χ0n) is 6.54. The topological polar surface area (TPSA) is 45.9 Å². The highest BCUT2D eigenvalue weighted by Crippen LogP contribution is 2.24. The molecule has 0 amide bonds. The molecule has 12 heavy (non-hydrogen) atoms. The fourth-order valence-corrected chi connectivity index (χ4v) is 1.08. The van der Waals surface area contributed by atoms with Crippen molar-refractivity contribution in [1.82, 2.24) is 4.98 Å². The highest BCUT2D eigenvalue weighted by Gasteiger charge is 2.06. The zero-order valence-corrected chi connectivity index (χ0v) is 7.30. The van der Waals surface area contributed by atoms with E-state index in [1.165, 1.54) is 7.11 Å². The van der Waals surface area contributed by atoms with Crippen molar-refractivity contribution in [2.45, 2.75) is 6.42 Å². The summed E-state index contributed by atoms with van der Waals surface area (Å²) in [6, 6.07) is 3.71. The maximum atomic E-state index is 8.44. The molecule has 1 aromatic rings. The smallest absolute Gasteiger partial charge is 0.232 e. The summed E-state index contributed by atoms with van der Waals surface area (Å²) in [6.45, 7) is 0. The Labute approximate surface area is 75.6 Å². The molecule has 0 saturated carbocycles. The number of nitriles is 1. The van der Waals surface area contributed by atoms with Crippen molar-refractivity contribution in [2.24, 2.45) is 0 Å². The molecule has 0 atom stereocenters. The first-order chi connectivity index (χ1) is 5.79. The highest BCUT2D eigenvalue weighted by molar-refractivity contribution is 6.32. The van der Waals surface area contributed by atoms with Gasteiger partial charge in [-0.3, -0.25) is 0 Å². The Hall–Kier alpha value is -1.27. The highest BCUT2D eigenvalue weighted by atomic mass is 35.5. The number of halogens is 1. The zero-order chi connectivity index (χ0) is 8.97. The molecule has 1 aromatic heterocycles. The standard InChI is InChI=1S/C8H7ClN2O/c1-12-8-7(9)6(2-4-10)3-5-11-8/h3,5H,2H2,1H3. The van der Waals surface area contributed by atoms with Crippen molar-refractivity contribution in [3.8, 4) is 11.9 Å². The van der Waals surface area contributed by atoms with Crippen molar-refractivity contribution < 1.29 is 4.74 Å².